The van der Waals surface area contributed by atoms with Gasteiger partial charge in [0.15, 0.2) is 17.0 Å². The Labute approximate surface area is 134 Å². The number of furan rings is 1. The molecule has 0 radical (unpaired) electrons. The van der Waals surface area contributed by atoms with E-state index in [0.717, 1.165) is 5.46 Å². The van der Waals surface area contributed by atoms with Crippen molar-refractivity contribution in [2.24, 2.45) is 0 Å². The number of nitrogens with zero attached hydrogens (tertiary/aromatic N) is 2. The molecule has 1 aliphatic heterocycles. The maximum absolute atomic E-state index is 6.04. The molecule has 23 heavy (non-hydrogen) atoms. The summed E-state index contributed by atoms with van der Waals surface area (Å²) in [5.41, 5.74) is 1.11. The molecule has 1 aliphatic rings. The highest BCUT2D eigenvalue weighted by Crippen LogP contribution is 2.36. The summed E-state index contributed by atoms with van der Waals surface area (Å²) in [6.45, 7) is 8.07. The van der Waals surface area contributed by atoms with Crippen LogP contribution in [0.4, 0.5) is 0 Å². The number of fused-ring (bicyclic) bond motifs is 1. The summed E-state index contributed by atoms with van der Waals surface area (Å²) in [6.07, 6.45) is 3.28. The minimum absolute atomic E-state index is 0.395. The summed E-state index contributed by atoms with van der Waals surface area (Å²) in [7, 11) is -0.478. The second kappa shape index (κ2) is 4.69. The van der Waals surface area contributed by atoms with Crippen LogP contribution >= 0.6 is 0 Å². The Morgan fingerprint density at radius 3 is 2.48 bits per heavy atom. The van der Waals surface area contributed by atoms with Crippen LogP contribution in [-0.2, 0) is 9.31 Å². The Morgan fingerprint density at radius 2 is 1.83 bits per heavy atom. The molecule has 0 spiro atoms. The van der Waals surface area contributed by atoms with Crippen molar-refractivity contribution in [2.45, 2.75) is 38.9 Å². The van der Waals surface area contributed by atoms with Gasteiger partial charge in [0.25, 0.3) is 5.89 Å². The molecule has 0 amide bonds. The number of pyridine rings is 1. The molecule has 0 N–H and O–H groups in total. The number of hydrogen-bond acceptors (Lipinski definition) is 6. The normalized spacial score (nSPS) is 19.6. The lowest BCUT2D eigenvalue weighted by atomic mass is 9.80. The molecule has 6 nitrogen and oxygen atoms in total. The average Bonchev–Trinajstić information content (AvgIpc) is 3.17. The molecule has 0 atom stereocenters. The summed E-state index contributed by atoms with van der Waals surface area (Å²) in [5.74, 6) is 0.976. The van der Waals surface area contributed by atoms with Crippen molar-refractivity contribution < 1.29 is 18.1 Å². The first-order valence-electron chi connectivity index (χ1n) is 7.52. The Morgan fingerprint density at radius 1 is 1.09 bits per heavy atom. The molecule has 4 heterocycles. The van der Waals surface area contributed by atoms with Crippen LogP contribution in [0.15, 0.2) is 39.5 Å². The highest BCUT2D eigenvalue weighted by molar-refractivity contribution is 6.62. The van der Waals surface area contributed by atoms with Crippen molar-refractivity contribution in [3.63, 3.8) is 0 Å². The standard InChI is InChI=1S/C16H17BN2O4/c1-15(2)16(3,4)23-17(22-15)10-8-12-13(18-9-10)19-14(21-12)11-6-5-7-20-11/h5-9H,1-4H3. The predicted octanol–water partition coefficient (Wildman–Crippen LogP) is 2.78. The Hall–Kier alpha value is -2.12. The molecular weight excluding hydrogens is 295 g/mol. The molecule has 0 unspecified atom stereocenters. The molecule has 1 saturated heterocycles. The van der Waals surface area contributed by atoms with E-state index >= 15 is 0 Å². The largest absolute Gasteiger partial charge is 0.496 e. The minimum Gasteiger partial charge on any atom is -0.459 e. The van der Waals surface area contributed by atoms with E-state index in [-0.39, 0.29) is 0 Å². The maximum atomic E-state index is 6.04. The number of oxazole rings is 1. The topological polar surface area (TPSA) is 70.5 Å². The SMILES string of the molecule is CC1(C)OB(c2cnc3nc(-c4ccco4)oc3c2)OC1(C)C. The highest BCUT2D eigenvalue weighted by atomic mass is 16.7. The van der Waals surface area contributed by atoms with Gasteiger partial charge in [-0.25, -0.2) is 4.98 Å². The van der Waals surface area contributed by atoms with Gasteiger partial charge in [-0.3, -0.25) is 0 Å². The average molecular weight is 312 g/mol. The van der Waals surface area contributed by atoms with Crippen LogP contribution in [0.1, 0.15) is 27.7 Å². The zero-order valence-corrected chi connectivity index (χ0v) is 13.5. The van der Waals surface area contributed by atoms with Crippen LogP contribution in [0.25, 0.3) is 22.9 Å². The van der Waals surface area contributed by atoms with E-state index in [2.05, 4.69) is 9.97 Å². The van der Waals surface area contributed by atoms with Crippen LogP contribution < -0.4 is 5.46 Å². The van der Waals surface area contributed by atoms with Crippen LogP contribution in [0.2, 0.25) is 0 Å². The van der Waals surface area contributed by atoms with Gasteiger partial charge in [-0.2, -0.15) is 4.98 Å². The van der Waals surface area contributed by atoms with Crippen molar-refractivity contribution in [1.82, 2.24) is 9.97 Å². The maximum Gasteiger partial charge on any atom is 0.496 e. The molecule has 0 aromatic carbocycles. The van der Waals surface area contributed by atoms with E-state index in [1.165, 1.54) is 0 Å². The lowest BCUT2D eigenvalue weighted by Crippen LogP contribution is -2.41. The molecule has 7 heteroatoms. The molecule has 0 aliphatic carbocycles. The van der Waals surface area contributed by atoms with E-state index in [1.807, 2.05) is 33.8 Å². The van der Waals surface area contributed by atoms with Gasteiger partial charge < -0.3 is 18.1 Å². The van der Waals surface area contributed by atoms with Gasteiger partial charge in [-0.15, -0.1) is 0 Å². The third-order valence-corrected chi connectivity index (χ3v) is 4.53. The summed E-state index contributed by atoms with van der Waals surface area (Å²) in [4.78, 5) is 8.67. The molecule has 3 aromatic heterocycles. The van der Waals surface area contributed by atoms with E-state index in [1.54, 1.807) is 24.6 Å². The lowest BCUT2D eigenvalue weighted by molar-refractivity contribution is 0.00578. The van der Waals surface area contributed by atoms with E-state index < -0.39 is 18.3 Å². The Bertz CT molecular complexity index is 838. The van der Waals surface area contributed by atoms with E-state index in [4.69, 9.17) is 18.1 Å². The number of hydrogen-bond donors (Lipinski definition) is 0. The quantitative estimate of drug-likeness (QED) is 0.678. The second-order valence-electron chi connectivity index (χ2n) is 6.67. The van der Waals surface area contributed by atoms with Crippen molar-refractivity contribution in [1.29, 1.82) is 0 Å². The minimum atomic E-state index is -0.478. The monoisotopic (exact) mass is 312 g/mol. The zero-order chi connectivity index (χ0) is 16.2. The number of aromatic nitrogens is 2. The second-order valence-corrected chi connectivity index (χ2v) is 6.67. The van der Waals surface area contributed by atoms with Gasteiger partial charge in [0, 0.05) is 11.7 Å². The molecule has 118 valence electrons. The molecule has 3 aromatic rings. The summed E-state index contributed by atoms with van der Waals surface area (Å²) < 4.78 is 23.1. The van der Waals surface area contributed by atoms with Gasteiger partial charge in [-0.1, -0.05) is 0 Å². The van der Waals surface area contributed by atoms with E-state index in [9.17, 15) is 0 Å². The molecule has 1 fully saturated rings. The van der Waals surface area contributed by atoms with Gasteiger partial charge in [0.2, 0.25) is 0 Å². The fraction of sp³-hybridized carbons (Fsp3) is 0.375. The van der Waals surface area contributed by atoms with Crippen LogP contribution in [0.3, 0.4) is 0 Å². The first-order chi connectivity index (χ1) is 10.9. The fourth-order valence-corrected chi connectivity index (χ4v) is 2.45. The third kappa shape index (κ3) is 2.27. The fourth-order valence-electron chi connectivity index (χ4n) is 2.45. The Kier molecular flexibility index (Phi) is 2.95. The first kappa shape index (κ1) is 14.5. The predicted molar refractivity (Wildman–Crippen MR) is 85.2 cm³/mol. The van der Waals surface area contributed by atoms with Gasteiger partial charge in [0.05, 0.1) is 17.5 Å². The summed E-state index contributed by atoms with van der Waals surface area (Å²) in [6, 6.07) is 5.43. The van der Waals surface area contributed by atoms with Crippen LogP contribution in [0.5, 0.6) is 0 Å². The number of rotatable bonds is 2. The first-order valence-corrected chi connectivity index (χ1v) is 7.52. The van der Waals surface area contributed by atoms with Crippen molar-refractivity contribution in [3.8, 4) is 11.7 Å². The zero-order valence-electron chi connectivity index (χ0n) is 13.5. The lowest BCUT2D eigenvalue weighted by Gasteiger charge is -2.32. The molecule has 0 saturated carbocycles. The van der Waals surface area contributed by atoms with Crippen LogP contribution in [0, 0.1) is 0 Å². The van der Waals surface area contributed by atoms with Gasteiger partial charge in [-0.05, 0) is 45.9 Å². The van der Waals surface area contributed by atoms with Gasteiger partial charge in [0.1, 0.15) is 0 Å². The summed E-state index contributed by atoms with van der Waals surface area (Å²) in [5, 5.41) is 0. The molecule has 4 rings (SSSR count). The van der Waals surface area contributed by atoms with E-state index in [0.29, 0.717) is 22.9 Å². The van der Waals surface area contributed by atoms with Crippen molar-refractivity contribution >= 4 is 23.8 Å². The third-order valence-electron chi connectivity index (χ3n) is 4.53. The summed E-state index contributed by atoms with van der Waals surface area (Å²) >= 11 is 0. The van der Waals surface area contributed by atoms with Crippen molar-refractivity contribution in [2.75, 3.05) is 0 Å². The smallest absolute Gasteiger partial charge is 0.459 e. The highest BCUT2D eigenvalue weighted by Gasteiger charge is 2.51. The van der Waals surface area contributed by atoms with Gasteiger partial charge >= 0.3 is 7.12 Å². The van der Waals surface area contributed by atoms with Crippen molar-refractivity contribution in [3.05, 3.63) is 30.7 Å². The van der Waals surface area contributed by atoms with Crippen LogP contribution in [-0.4, -0.2) is 28.3 Å². The Balaban J connectivity index is 1.70. The molecule has 0 bridgehead atoms. The molecular formula is C16H17BN2O4.